The number of hydrogen-bond acceptors (Lipinski definition) is 6. The monoisotopic (exact) mass is 519 g/mol. The van der Waals surface area contributed by atoms with E-state index in [1.54, 1.807) is 13.0 Å². The Kier molecular flexibility index (Phi) is 10.5. The molecule has 8 heteroatoms. The van der Waals surface area contributed by atoms with Gasteiger partial charge in [-0.25, -0.2) is 4.79 Å². The van der Waals surface area contributed by atoms with Crippen molar-refractivity contribution in [2.24, 2.45) is 5.92 Å². The molecule has 1 amide bonds. The third-order valence-corrected chi connectivity index (χ3v) is 7.79. The Morgan fingerprint density at radius 1 is 1.19 bits per heavy atom. The van der Waals surface area contributed by atoms with E-state index in [2.05, 4.69) is 25.0 Å². The average Bonchev–Trinajstić information content (AvgIpc) is 2.99. The number of hydrogen-bond donors (Lipinski definition) is 2. The van der Waals surface area contributed by atoms with Crippen LogP contribution in [0.2, 0.25) is 25.7 Å². The molecule has 36 heavy (non-hydrogen) atoms. The Balaban J connectivity index is 2.15. The molecule has 2 N–H and O–H groups in total. The van der Waals surface area contributed by atoms with Gasteiger partial charge in [0.1, 0.15) is 0 Å². The Labute approximate surface area is 217 Å². The zero-order chi connectivity index (χ0) is 27.3. The lowest BCUT2D eigenvalue weighted by Gasteiger charge is -2.21. The van der Waals surface area contributed by atoms with Crippen LogP contribution in [0, 0.1) is 19.8 Å². The molecule has 0 aliphatic carbocycles. The summed E-state index contributed by atoms with van der Waals surface area (Å²) in [4.78, 5) is 26.1. The number of rotatable bonds is 11. The lowest BCUT2D eigenvalue weighted by atomic mass is 9.96. The molecule has 1 fully saturated rings. The van der Waals surface area contributed by atoms with Gasteiger partial charge in [-0.05, 0) is 64.3 Å². The van der Waals surface area contributed by atoms with Gasteiger partial charge in [0, 0.05) is 14.0 Å². The molecule has 1 heterocycles. The highest BCUT2D eigenvalue weighted by molar-refractivity contribution is 6.76. The quantitative estimate of drug-likeness (QED) is 0.224. The van der Waals surface area contributed by atoms with Crippen LogP contribution >= 0.6 is 0 Å². The van der Waals surface area contributed by atoms with Crippen molar-refractivity contribution in [2.45, 2.75) is 104 Å². The van der Waals surface area contributed by atoms with Crippen molar-refractivity contribution in [3.05, 3.63) is 41.0 Å². The van der Waals surface area contributed by atoms with Crippen molar-refractivity contribution in [1.29, 1.82) is 0 Å². The zero-order valence-corrected chi connectivity index (χ0v) is 24.4. The van der Waals surface area contributed by atoms with Crippen molar-refractivity contribution in [3.63, 3.8) is 0 Å². The third-order valence-electron chi connectivity index (χ3n) is 6.09. The first-order chi connectivity index (χ1) is 16.6. The van der Waals surface area contributed by atoms with E-state index >= 15 is 0 Å². The van der Waals surface area contributed by atoms with Gasteiger partial charge in [-0.3, -0.25) is 4.79 Å². The summed E-state index contributed by atoms with van der Waals surface area (Å²) in [6.45, 7) is 18.3. The minimum Gasteiger partial charge on any atom is -0.462 e. The van der Waals surface area contributed by atoms with Gasteiger partial charge in [-0.1, -0.05) is 44.8 Å². The fourth-order valence-electron chi connectivity index (χ4n) is 4.31. The number of aryl methyl sites for hydroxylation is 2. The fourth-order valence-corrected chi connectivity index (χ4v) is 5.02. The Hall–Kier alpha value is -2.00. The van der Waals surface area contributed by atoms with Gasteiger partial charge in [0.15, 0.2) is 5.79 Å². The number of nitrogens with one attached hydrogen (secondary N) is 1. The summed E-state index contributed by atoms with van der Waals surface area (Å²) < 4.78 is 17.8. The van der Waals surface area contributed by atoms with E-state index in [-0.39, 0.29) is 24.3 Å². The van der Waals surface area contributed by atoms with Crippen LogP contribution in [-0.4, -0.2) is 55.8 Å². The van der Waals surface area contributed by atoms with Crippen LogP contribution in [-0.2, 0) is 19.0 Å². The molecule has 1 aromatic rings. The molecule has 2 rings (SSSR count). The van der Waals surface area contributed by atoms with Crippen LogP contribution in [0.5, 0.6) is 0 Å². The lowest BCUT2D eigenvalue weighted by molar-refractivity contribution is -0.150. The number of amides is 1. The zero-order valence-electron chi connectivity index (χ0n) is 23.4. The molecule has 1 saturated heterocycles. The van der Waals surface area contributed by atoms with Gasteiger partial charge in [-0.2, -0.15) is 0 Å². The maximum Gasteiger partial charge on any atom is 0.340 e. The third kappa shape index (κ3) is 9.46. The van der Waals surface area contributed by atoms with Crippen LogP contribution < -0.4 is 5.32 Å². The predicted octanol–water partition coefficient (Wildman–Crippen LogP) is 5.61. The highest BCUT2D eigenvalue weighted by Gasteiger charge is 2.44. The molecule has 0 bridgehead atoms. The van der Waals surface area contributed by atoms with Crippen LogP contribution in [0.3, 0.4) is 0 Å². The van der Waals surface area contributed by atoms with E-state index in [4.69, 9.17) is 14.2 Å². The molecule has 0 saturated carbocycles. The Morgan fingerprint density at radius 2 is 1.86 bits per heavy atom. The highest BCUT2D eigenvalue weighted by atomic mass is 28.3. The summed E-state index contributed by atoms with van der Waals surface area (Å²) in [6.07, 6.45) is 3.37. The molecule has 1 aliphatic rings. The average molecular weight is 520 g/mol. The van der Waals surface area contributed by atoms with Crippen molar-refractivity contribution in [2.75, 3.05) is 11.9 Å². The summed E-state index contributed by atoms with van der Waals surface area (Å²) in [5, 5.41) is 12.5. The molecule has 4 atom stereocenters. The van der Waals surface area contributed by atoms with Crippen LogP contribution in [0.15, 0.2) is 24.3 Å². The van der Waals surface area contributed by atoms with E-state index in [0.717, 1.165) is 17.2 Å². The number of anilines is 1. The summed E-state index contributed by atoms with van der Waals surface area (Å²) in [6, 6.07) is 4.60. The van der Waals surface area contributed by atoms with Gasteiger partial charge in [0.2, 0.25) is 5.91 Å². The second-order valence-electron chi connectivity index (χ2n) is 11.7. The van der Waals surface area contributed by atoms with Crippen molar-refractivity contribution in [1.82, 2.24) is 0 Å². The highest BCUT2D eigenvalue weighted by Crippen LogP contribution is 2.35. The minimum absolute atomic E-state index is 0.0126. The number of esters is 1. The Bertz CT molecular complexity index is 950. The maximum atomic E-state index is 13.1. The number of benzene rings is 1. The topological polar surface area (TPSA) is 94.1 Å². The van der Waals surface area contributed by atoms with E-state index in [1.165, 1.54) is 0 Å². The maximum absolute atomic E-state index is 13.1. The molecule has 1 unspecified atom stereocenters. The van der Waals surface area contributed by atoms with E-state index in [1.807, 2.05) is 52.8 Å². The summed E-state index contributed by atoms with van der Waals surface area (Å²) in [5.41, 5.74) is 2.55. The first-order valence-electron chi connectivity index (χ1n) is 12.9. The van der Waals surface area contributed by atoms with Crippen LogP contribution in [0.1, 0.15) is 62.0 Å². The normalized spacial score (nSPS) is 21.4. The Morgan fingerprint density at radius 3 is 2.47 bits per heavy atom. The summed E-state index contributed by atoms with van der Waals surface area (Å²) in [7, 11) is -1.34. The van der Waals surface area contributed by atoms with E-state index < -0.39 is 32.0 Å². The first-order valence-corrected chi connectivity index (χ1v) is 16.6. The van der Waals surface area contributed by atoms with Crippen molar-refractivity contribution < 1.29 is 28.9 Å². The number of carbonyl (C=O) groups is 2. The number of ether oxygens (including phenoxy) is 3. The second-order valence-corrected chi connectivity index (χ2v) is 17.3. The predicted molar refractivity (Wildman–Crippen MR) is 146 cm³/mol. The molecular formula is C28H45NO6Si. The first kappa shape index (κ1) is 30.2. The fraction of sp³-hybridized carbons (Fsp3) is 0.643. The smallest absolute Gasteiger partial charge is 0.340 e. The molecule has 0 spiro atoms. The van der Waals surface area contributed by atoms with Crippen molar-refractivity contribution >= 4 is 25.6 Å². The molecule has 0 radical (unpaired) electrons. The van der Waals surface area contributed by atoms with Gasteiger partial charge >= 0.3 is 5.97 Å². The summed E-state index contributed by atoms with van der Waals surface area (Å²) >= 11 is 0. The number of aliphatic hydroxyl groups excluding tert-OH is 1. The van der Waals surface area contributed by atoms with Crippen LogP contribution in [0.4, 0.5) is 5.69 Å². The number of carbonyl (C=O) groups excluding carboxylic acids is 2. The molecule has 1 aromatic carbocycles. The van der Waals surface area contributed by atoms with E-state index in [0.29, 0.717) is 24.3 Å². The van der Waals surface area contributed by atoms with Gasteiger partial charge in [0.05, 0.1) is 42.6 Å². The molecule has 1 aliphatic heterocycles. The number of aliphatic hydroxyl groups is 1. The van der Waals surface area contributed by atoms with E-state index in [9.17, 15) is 14.7 Å². The second kappa shape index (κ2) is 12.5. The van der Waals surface area contributed by atoms with Crippen LogP contribution in [0.25, 0.3) is 0 Å². The molecule has 7 nitrogen and oxygen atoms in total. The minimum atomic E-state index is -1.34. The molecule has 0 aromatic heterocycles. The lowest BCUT2D eigenvalue weighted by Crippen LogP contribution is -2.32. The molecular weight excluding hydrogens is 474 g/mol. The molecule has 202 valence electrons. The van der Waals surface area contributed by atoms with Gasteiger partial charge in [-0.15, -0.1) is 0 Å². The van der Waals surface area contributed by atoms with Gasteiger partial charge < -0.3 is 24.6 Å². The SMILES string of the molecule is Cc1cc(C)c(C(=O)OCC[Si](C)(C)C)c(NC(=O)C[C@@H]2OC(C)(C)O[C@@H]2C(C)/C=C\C[C@@H](C)O)c1. The largest absolute Gasteiger partial charge is 0.462 e. The van der Waals surface area contributed by atoms with Gasteiger partial charge in [0.25, 0.3) is 0 Å². The summed E-state index contributed by atoms with van der Waals surface area (Å²) in [5.74, 6) is -1.50. The standard InChI is InChI=1S/C28H45NO6Si/c1-18-15-20(3)25(27(32)33-13-14-36(7,8)9)22(16-18)29-24(31)17-23-26(35-28(5,6)34-23)19(2)11-10-12-21(4)30/h10-11,15-16,19,21,23,26,30H,12-14,17H2,1-9H3,(H,29,31)/b11-10-/t19?,21-,23+,26-/m1/s1. The van der Waals surface area contributed by atoms with Crippen molar-refractivity contribution in [3.8, 4) is 0 Å².